The molecule has 2 atom stereocenters. The Morgan fingerprint density at radius 2 is 1.53 bits per heavy atom. The molecular weight excluding hydrogens is 411 g/mol. The minimum Gasteiger partial charge on any atom is -0.369 e. The summed E-state index contributed by atoms with van der Waals surface area (Å²) in [6, 6.07) is 26.1. The summed E-state index contributed by atoms with van der Waals surface area (Å²) >= 11 is 12.7. The molecule has 0 amide bonds. The highest BCUT2D eigenvalue weighted by atomic mass is 35.5. The van der Waals surface area contributed by atoms with E-state index in [9.17, 15) is 0 Å². The molecular formula is C26H26Cl2N2. The number of para-hydroxylation sites is 1. The first-order valence-electron chi connectivity index (χ1n) is 10.7. The maximum Gasteiger partial charge on any atom is 0.0452 e. The SMILES string of the molecule is Clc1ccc(CC2Cc3ccccc3C2N2CCN(c3ccccc3)CC2)c(Cl)c1. The van der Waals surface area contributed by atoms with Crippen molar-refractivity contribution in [1.82, 2.24) is 4.90 Å². The van der Waals surface area contributed by atoms with Crippen molar-refractivity contribution < 1.29 is 0 Å². The molecule has 5 rings (SSSR count). The summed E-state index contributed by atoms with van der Waals surface area (Å²) in [6.45, 7) is 4.30. The molecule has 0 saturated carbocycles. The number of rotatable bonds is 4. The topological polar surface area (TPSA) is 6.48 Å². The Morgan fingerprint density at radius 1 is 0.800 bits per heavy atom. The van der Waals surface area contributed by atoms with Gasteiger partial charge in [0.1, 0.15) is 0 Å². The van der Waals surface area contributed by atoms with Gasteiger partial charge >= 0.3 is 0 Å². The van der Waals surface area contributed by atoms with E-state index in [4.69, 9.17) is 23.2 Å². The average molecular weight is 437 g/mol. The fourth-order valence-electron chi connectivity index (χ4n) is 5.20. The molecule has 1 saturated heterocycles. The van der Waals surface area contributed by atoms with E-state index in [-0.39, 0.29) is 0 Å². The van der Waals surface area contributed by atoms with Crippen molar-refractivity contribution in [2.24, 2.45) is 5.92 Å². The van der Waals surface area contributed by atoms with Gasteiger partial charge in [-0.15, -0.1) is 0 Å². The van der Waals surface area contributed by atoms with Crippen LogP contribution in [-0.4, -0.2) is 31.1 Å². The second-order valence-corrected chi connectivity index (χ2v) is 9.25. The van der Waals surface area contributed by atoms with Gasteiger partial charge in [0, 0.05) is 48.0 Å². The zero-order chi connectivity index (χ0) is 20.5. The van der Waals surface area contributed by atoms with E-state index in [2.05, 4.69) is 70.5 Å². The van der Waals surface area contributed by atoms with Gasteiger partial charge in [-0.05, 0) is 59.7 Å². The molecule has 3 aromatic carbocycles. The van der Waals surface area contributed by atoms with Crippen LogP contribution < -0.4 is 4.90 Å². The minimum atomic E-state index is 0.450. The van der Waals surface area contributed by atoms with Crippen LogP contribution in [0.1, 0.15) is 22.7 Å². The van der Waals surface area contributed by atoms with E-state index in [1.165, 1.54) is 22.4 Å². The standard InChI is InChI=1S/C26H26Cl2N2/c27-22-11-10-20(25(28)18-22)17-21-16-19-6-4-5-9-24(19)26(21)30-14-12-29(13-15-30)23-7-2-1-3-8-23/h1-11,18,21,26H,12-17H2. The number of benzene rings is 3. The third-order valence-electron chi connectivity index (χ3n) is 6.63. The zero-order valence-electron chi connectivity index (χ0n) is 17.0. The summed E-state index contributed by atoms with van der Waals surface area (Å²) in [5.41, 5.74) is 5.52. The summed E-state index contributed by atoms with van der Waals surface area (Å²) in [5, 5.41) is 1.48. The molecule has 0 spiro atoms. The summed E-state index contributed by atoms with van der Waals surface area (Å²) in [4.78, 5) is 5.20. The summed E-state index contributed by atoms with van der Waals surface area (Å²) < 4.78 is 0. The Morgan fingerprint density at radius 3 is 2.30 bits per heavy atom. The van der Waals surface area contributed by atoms with Crippen molar-refractivity contribution in [3.63, 3.8) is 0 Å². The van der Waals surface area contributed by atoms with Crippen LogP contribution in [0.4, 0.5) is 5.69 Å². The molecule has 3 aromatic rings. The first-order chi connectivity index (χ1) is 14.7. The van der Waals surface area contributed by atoms with Gasteiger partial charge in [0.2, 0.25) is 0 Å². The molecule has 2 nitrogen and oxygen atoms in total. The molecule has 154 valence electrons. The van der Waals surface area contributed by atoms with E-state index < -0.39 is 0 Å². The molecule has 1 aliphatic carbocycles. The lowest BCUT2D eigenvalue weighted by Crippen LogP contribution is -2.48. The van der Waals surface area contributed by atoms with Gasteiger partial charge in [-0.2, -0.15) is 0 Å². The lowest BCUT2D eigenvalue weighted by Gasteiger charge is -2.41. The predicted octanol–water partition coefficient (Wildman–Crippen LogP) is 6.27. The Labute approximate surface area is 189 Å². The second-order valence-electron chi connectivity index (χ2n) is 8.41. The highest BCUT2D eigenvalue weighted by Gasteiger charge is 2.37. The fraction of sp³-hybridized carbons (Fsp3) is 0.308. The highest BCUT2D eigenvalue weighted by Crippen LogP contribution is 2.43. The van der Waals surface area contributed by atoms with Crippen LogP contribution in [0.15, 0.2) is 72.8 Å². The van der Waals surface area contributed by atoms with Crippen LogP contribution in [0.5, 0.6) is 0 Å². The van der Waals surface area contributed by atoms with Crippen molar-refractivity contribution in [1.29, 1.82) is 0 Å². The lowest BCUT2D eigenvalue weighted by atomic mass is 9.91. The van der Waals surface area contributed by atoms with Crippen molar-refractivity contribution in [3.05, 3.63) is 99.5 Å². The predicted molar refractivity (Wildman–Crippen MR) is 127 cm³/mol. The molecule has 0 aromatic heterocycles. The van der Waals surface area contributed by atoms with Crippen LogP contribution in [-0.2, 0) is 12.8 Å². The van der Waals surface area contributed by atoms with Crippen molar-refractivity contribution in [2.45, 2.75) is 18.9 Å². The molecule has 1 heterocycles. The first-order valence-corrected chi connectivity index (χ1v) is 11.5. The van der Waals surface area contributed by atoms with Crippen molar-refractivity contribution in [2.75, 3.05) is 31.1 Å². The van der Waals surface area contributed by atoms with Crippen LogP contribution in [0.25, 0.3) is 0 Å². The quantitative estimate of drug-likeness (QED) is 0.475. The lowest BCUT2D eigenvalue weighted by molar-refractivity contribution is 0.143. The van der Waals surface area contributed by atoms with E-state index in [1.807, 2.05) is 12.1 Å². The second kappa shape index (κ2) is 8.63. The number of anilines is 1. The maximum atomic E-state index is 6.53. The number of piperazine rings is 1. The molecule has 30 heavy (non-hydrogen) atoms. The number of nitrogens with zero attached hydrogens (tertiary/aromatic N) is 2. The summed E-state index contributed by atoms with van der Waals surface area (Å²) in [6.07, 6.45) is 2.09. The molecule has 0 N–H and O–H groups in total. The monoisotopic (exact) mass is 436 g/mol. The number of hydrogen-bond donors (Lipinski definition) is 0. The van der Waals surface area contributed by atoms with Crippen molar-refractivity contribution in [3.8, 4) is 0 Å². The van der Waals surface area contributed by atoms with E-state index in [0.29, 0.717) is 17.0 Å². The van der Waals surface area contributed by atoms with Gasteiger partial charge < -0.3 is 4.90 Å². The fourth-order valence-corrected chi connectivity index (χ4v) is 5.69. The van der Waals surface area contributed by atoms with Crippen LogP contribution in [0.2, 0.25) is 10.0 Å². The molecule has 1 aliphatic heterocycles. The third-order valence-corrected chi connectivity index (χ3v) is 7.22. The highest BCUT2D eigenvalue weighted by molar-refractivity contribution is 6.35. The summed E-state index contributed by atoms with van der Waals surface area (Å²) in [5.74, 6) is 0.532. The molecule has 0 bridgehead atoms. The molecule has 4 heteroatoms. The average Bonchev–Trinajstić information content (AvgIpc) is 3.14. The van der Waals surface area contributed by atoms with Crippen LogP contribution in [0, 0.1) is 5.92 Å². The molecule has 0 radical (unpaired) electrons. The Balaban J connectivity index is 1.37. The van der Waals surface area contributed by atoms with Gasteiger partial charge in [-0.25, -0.2) is 0 Å². The van der Waals surface area contributed by atoms with Gasteiger partial charge in [0.15, 0.2) is 0 Å². The van der Waals surface area contributed by atoms with Gasteiger partial charge in [-0.3, -0.25) is 4.90 Å². The normalized spacial score (nSPS) is 21.6. The van der Waals surface area contributed by atoms with Crippen LogP contribution >= 0.6 is 23.2 Å². The van der Waals surface area contributed by atoms with Crippen LogP contribution in [0.3, 0.4) is 0 Å². The minimum absolute atomic E-state index is 0.450. The van der Waals surface area contributed by atoms with E-state index in [0.717, 1.165) is 44.0 Å². The van der Waals surface area contributed by atoms with Gasteiger partial charge in [0.05, 0.1) is 0 Å². The smallest absolute Gasteiger partial charge is 0.0452 e. The van der Waals surface area contributed by atoms with E-state index >= 15 is 0 Å². The Kier molecular flexibility index (Phi) is 5.73. The third kappa shape index (κ3) is 3.97. The molecule has 1 fully saturated rings. The number of halogens is 2. The summed E-state index contributed by atoms with van der Waals surface area (Å²) in [7, 11) is 0. The Hall–Kier alpha value is -2.00. The number of hydrogen-bond acceptors (Lipinski definition) is 2. The van der Waals surface area contributed by atoms with Crippen molar-refractivity contribution >= 4 is 28.9 Å². The maximum absolute atomic E-state index is 6.53. The van der Waals surface area contributed by atoms with E-state index in [1.54, 1.807) is 0 Å². The number of fused-ring (bicyclic) bond motifs is 1. The Bertz CT molecular complexity index is 1010. The van der Waals surface area contributed by atoms with Gasteiger partial charge in [-0.1, -0.05) is 71.7 Å². The molecule has 2 aliphatic rings. The largest absolute Gasteiger partial charge is 0.369 e. The zero-order valence-corrected chi connectivity index (χ0v) is 18.5. The molecule has 2 unspecified atom stereocenters. The van der Waals surface area contributed by atoms with Gasteiger partial charge in [0.25, 0.3) is 0 Å². The first kappa shape index (κ1) is 19.9.